The Morgan fingerprint density at radius 3 is 2.29 bits per heavy atom. The second-order valence-corrected chi connectivity index (χ2v) is 7.87. The first-order valence-corrected chi connectivity index (χ1v) is 10.2. The number of rotatable bonds is 3. The molecule has 0 spiro atoms. The predicted molar refractivity (Wildman–Crippen MR) is 111 cm³/mol. The van der Waals surface area contributed by atoms with E-state index in [9.17, 15) is 9.59 Å². The molecule has 1 aromatic heterocycles. The van der Waals surface area contributed by atoms with Crippen LogP contribution in [0.2, 0.25) is 0 Å². The molecule has 0 atom stereocenters. The number of benzene rings is 2. The van der Waals surface area contributed by atoms with Crippen LogP contribution in [0.4, 0.5) is 5.69 Å². The molecule has 0 aliphatic carbocycles. The van der Waals surface area contributed by atoms with Crippen LogP contribution in [-0.2, 0) is 22.6 Å². The number of fused-ring (bicyclic) bond motifs is 1. The summed E-state index contributed by atoms with van der Waals surface area (Å²) < 4.78 is 0. The van der Waals surface area contributed by atoms with Crippen molar-refractivity contribution in [1.82, 2.24) is 4.90 Å². The number of amides is 2. The van der Waals surface area contributed by atoms with Gasteiger partial charge in [0, 0.05) is 18.0 Å². The molecule has 0 bridgehead atoms. The van der Waals surface area contributed by atoms with Crippen molar-refractivity contribution < 1.29 is 9.59 Å². The van der Waals surface area contributed by atoms with Crippen LogP contribution < -0.4 is 4.90 Å². The average Bonchev–Trinajstić information content (AvgIpc) is 3.34. The SMILES string of the molecule is O=C1C(c2cccs2)=C(N2CCc3ccccc3C2)C(=O)N1c1ccccc1. The van der Waals surface area contributed by atoms with Gasteiger partial charge in [-0.25, -0.2) is 4.90 Å². The van der Waals surface area contributed by atoms with E-state index in [0.29, 0.717) is 23.5 Å². The van der Waals surface area contributed by atoms with Crippen molar-refractivity contribution in [3.8, 4) is 0 Å². The maximum atomic E-state index is 13.4. The molecule has 3 heterocycles. The zero-order valence-electron chi connectivity index (χ0n) is 15.2. The third kappa shape index (κ3) is 2.67. The summed E-state index contributed by atoms with van der Waals surface area (Å²) in [5.74, 6) is -0.480. The van der Waals surface area contributed by atoms with Crippen molar-refractivity contribution in [2.75, 3.05) is 11.4 Å². The normalized spacial score (nSPS) is 16.7. The standard InChI is InChI=1S/C23H18N2O2S/c26-22-20(19-11-6-14-28-19)21(23(27)25(22)18-9-2-1-3-10-18)24-13-12-16-7-4-5-8-17(16)15-24/h1-11,14H,12-13,15H2. The summed E-state index contributed by atoms with van der Waals surface area (Å²) in [4.78, 5) is 31.0. The van der Waals surface area contributed by atoms with Crippen molar-refractivity contribution in [2.45, 2.75) is 13.0 Å². The molecule has 2 aliphatic heterocycles. The van der Waals surface area contributed by atoms with Gasteiger partial charge in [0.05, 0.1) is 11.3 Å². The van der Waals surface area contributed by atoms with Gasteiger partial charge in [-0.05, 0) is 41.1 Å². The largest absolute Gasteiger partial charge is 0.362 e. The fourth-order valence-electron chi connectivity index (χ4n) is 3.95. The maximum Gasteiger partial charge on any atom is 0.282 e. The molecule has 2 aliphatic rings. The van der Waals surface area contributed by atoms with Gasteiger partial charge in [-0.2, -0.15) is 0 Å². The summed E-state index contributed by atoms with van der Waals surface area (Å²) in [7, 11) is 0. The first-order chi connectivity index (χ1) is 13.7. The maximum absolute atomic E-state index is 13.4. The van der Waals surface area contributed by atoms with Crippen LogP contribution in [0, 0.1) is 0 Å². The molecule has 2 aromatic carbocycles. The molecule has 0 saturated heterocycles. The molecular weight excluding hydrogens is 368 g/mol. The van der Waals surface area contributed by atoms with Crippen molar-refractivity contribution in [2.24, 2.45) is 0 Å². The van der Waals surface area contributed by atoms with E-state index in [2.05, 4.69) is 17.0 Å². The van der Waals surface area contributed by atoms with Gasteiger partial charge >= 0.3 is 0 Å². The van der Waals surface area contributed by atoms with Gasteiger partial charge in [0.15, 0.2) is 0 Å². The van der Waals surface area contributed by atoms with E-state index in [1.807, 2.05) is 47.8 Å². The van der Waals surface area contributed by atoms with Crippen molar-refractivity contribution in [1.29, 1.82) is 0 Å². The van der Waals surface area contributed by atoms with Crippen LogP contribution in [0.15, 0.2) is 77.8 Å². The molecule has 0 saturated carbocycles. The second kappa shape index (κ2) is 6.77. The summed E-state index contributed by atoms with van der Waals surface area (Å²) in [5.41, 5.74) is 4.17. The highest BCUT2D eigenvalue weighted by atomic mass is 32.1. The lowest BCUT2D eigenvalue weighted by atomic mass is 9.99. The third-order valence-corrected chi connectivity index (χ3v) is 6.18. The average molecular weight is 386 g/mol. The minimum absolute atomic E-state index is 0.237. The third-order valence-electron chi connectivity index (χ3n) is 5.29. The van der Waals surface area contributed by atoms with E-state index in [4.69, 9.17) is 0 Å². The van der Waals surface area contributed by atoms with Crippen LogP contribution in [0.1, 0.15) is 16.0 Å². The van der Waals surface area contributed by atoms with Gasteiger partial charge in [0.25, 0.3) is 11.8 Å². The highest BCUT2D eigenvalue weighted by Crippen LogP contribution is 2.38. The first-order valence-electron chi connectivity index (χ1n) is 9.28. The minimum atomic E-state index is -0.243. The van der Waals surface area contributed by atoms with Crippen LogP contribution in [-0.4, -0.2) is 23.3 Å². The van der Waals surface area contributed by atoms with Crippen molar-refractivity contribution >= 4 is 34.4 Å². The van der Waals surface area contributed by atoms with E-state index in [-0.39, 0.29) is 11.8 Å². The number of hydrogen-bond donors (Lipinski definition) is 0. The Balaban J connectivity index is 1.61. The van der Waals surface area contributed by atoms with Crippen LogP contribution >= 0.6 is 11.3 Å². The fourth-order valence-corrected chi connectivity index (χ4v) is 4.72. The number of carbonyl (C=O) groups excluding carboxylic acids is 2. The number of hydrogen-bond acceptors (Lipinski definition) is 4. The lowest BCUT2D eigenvalue weighted by Gasteiger charge is -2.31. The van der Waals surface area contributed by atoms with E-state index >= 15 is 0 Å². The molecule has 4 nitrogen and oxygen atoms in total. The van der Waals surface area contributed by atoms with Gasteiger partial charge in [0.1, 0.15) is 5.70 Å². The molecule has 0 unspecified atom stereocenters. The van der Waals surface area contributed by atoms with Crippen LogP contribution in [0.3, 0.4) is 0 Å². The van der Waals surface area contributed by atoms with E-state index in [0.717, 1.165) is 17.8 Å². The summed E-state index contributed by atoms with van der Waals surface area (Å²) in [6.45, 7) is 1.37. The molecule has 0 radical (unpaired) electrons. The fraction of sp³-hybridized carbons (Fsp3) is 0.130. The Hall–Kier alpha value is -3.18. The van der Waals surface area contributed by atoms with E-state index in [1.54, 1.807) is 12.1 Å². The second-order valence-electron chi connectivity index (χ2n) is 6.92. The number of para-hydroxylation sites is 1. The number of anilines is 1. The molecule has 138 valence electrons. The molecule has 2 amide bonds. The molecular formula is C23H18N2O2S. The lowest BCUT2D eigenvalue weighted by Crippen LogP contribution is -2.37. The molecule has 3 aromatic rings. The Morgan fingerprint density at radius 2 is 1.54 bits per heavy atom. The van der Waals surface area contributed by atoms with Gasteiger partial charge in [-0.1, -0.05) is 48.5 Å². The Morgan fingerprint density at radius 1 is 0.786 bits per heavy atom. The van der Waals surface area contributed by atoms with Crippen LogP contribution in [0.5, 0.6) is 0 Å². The Kier molecular flexibility index (Phi) is 4.10. The van der Waals surface area contributed by atoms with Gasteiger partial charge in [0.2, 0.25) is 0 Å². The Bertz CT molecular complexity index is 1090. The predicted octanol–water partition coefficient (Wildman–Crippen LogP) is 4.09. The zero-order chi connectivity index (χ0) is 19.1. The quantitative estimate of drug-likeness (QED) is 0.637. The molecule has 28 heavy (non-hydrogen) atoms. The van der Waals surface area contributed by atoms with E-state index in [1.165, 1.54) is 27.4 Å². The van der Waals surface area contributed by atoms with Crippen molar-refractivity contribution in [3.05, 3.63) is 93.8 Å². The summed E-state index contributed by atoms with van der Waals surface area (Å²) in [5, 5.41) is 1.94. The van der Waals surface area contributed by atoms with Gasteiger partial charge < -0.3 is 4.90 Å². The monoisotopic (exact) mass is 386 g/mol. The van der Waals surface area contributed by atoms with Gasteiger partial charge in [-0.15, -0.1) is 11.3 Å². The topological polar surface area (TPSA) is 40.6 Å². The molecule has 0 N–H and O–H groups in total. The Labute approximate surface area is 167 Å². The number of imide groups is 1. The number of thiophene rings is 1. The van der Waals surface area contributed by atoms with Crippen molar-refractivity contribution in [3.63, 3.8) is 0 Å². The lowest BCUT2D eigenvalue weighted by molar-refractivity contribution is -0.120. The smallest absolute Gasteiger partial charge is 0.282 e. The minimum Gasteiger partial charge on any atom is -0.362 e. The highest BCUT2D eigenvalue weighted by Gasteiger charge is 2.43. The van der Waals surface area contributed by atoms with Crippen LogP contribution in [0.25, 0.3) is 5.57 Å². The first kappa shape index (κ1) is 17.0. The summed E-state index contributed by atoms with van der Waals surface area (Å²) in [6.07, 6.45) is 0.865. The summed E-state index contributed by atoms with van der Waals surface area (Å²) in [6, 6.07) is 21.3. The van der Waals surface area contributed by atoms with E-state index < -0.39 is 0 Å². The van der Waals surface area contributed by atoms with Gasteiger partial charge in [-0.3, -0.25) is 9.59 Å². The number of carbonyl (C=O) groups is 2. The molecule has 5 heteroatoms. The number of nitrogens with zero attached hydrogens (tertiary/aromatic N) is 2. The molecule has 5 rings (SSSR count). The zero-order valence-corrected chi connectivity index (χ0v) is 16.0. The summed E-state index contributed by atoms with van der Waals surface area (Å²) >= 11 is 1.49. The molecule has 0 fully saturated rings. The highest BCUT2D eigenvalue weighted by molar-refractivity contribution is 7.11.